The van der Waals surface area contributed by atoms with Gasteiger partial charge in [-0.3, -0.25) is 0 Å². The van der Waals surface area contributed by atoms with Crippen LogP contribution in [0.15, 0.2) is 42.6 Å². The summed E-state index contributed by atoms with van der Waals surface area (Å²) in [5.41, 5.74) is 5.78. The summed E-state index contributed by atoms with van der Waals surface area (Å²) in [5, 5.41) is 9.75. The third-order valence-corrected chi connectivity index (χ3v) is 4.60. The molecule has 0 amide bonds. The van der Waals surface area contributed by atoms with E-state index in [0.717, 1.165) is 30.6 Å². The fourth-order valence-corrected chi connectivity index (χ4v) is 3.08. The molecule has 0 N–H and O–H groups in total. The third-order valence-electron chi connectivity index (χ3n) is 4.60. The van der Waals surface area contributed by atoms with Gasteiger partial charge in [0.1, 0.15) is 5.82 Å². The number of halogens is 1. The Balaban J connectivity index is 1.98. The van der Waals surface area contributed by atoms with Crippen LogP contribution in [0.3, 0.4) is 0 Å². The number of rotatable bonds is 5. The predicted octanol–water partition coefficient (Wildman–Crippen LogP) is 4.55. The van der Waals surface area contributed by atoms with Crippen molar-refractivity contribution in [2.45, 2.75) is 40.2 Å². The molecule has 0 radical (unpaired) electrons. The van der Waals surface area contributed by atoms with E-state index in [1.165, 1.54) is 34.3 Å². The lowest BCUT2D eigenvalue weighted by atomic mass is 10.1. The first kappa shape index (κ1) is 16.4. The number of aromatic nitrogens is 3. The molecule has 0 unspecified atom stereocenters. The Labute approximate surface area is 141 Å². The number of aryl methyl sites for hydroxylation is 3. The molecule has 0 fully saturated rings. The zero-order valence-electron chi connectivity index (χ0n) is 14.4. The van der Waals surface area contributed by atoms with Crippen molar-refractivity contribution in [3.63, 3.8) is 0 Å². The molecule has 2 heterocycles. The van der Waals surface area contributed by atoms with Crippen LogP contribution in [0.2, 0.25) is 0 Å². The van der Waals surface area contributed by atoms with Gasteiger partial charge >= 0.3 is 0 Å². The van der Waals surface area contributed by atoms with Crippen LogP contribution in [0, 0.1) is 19.7 Å². The van der Waals surface area contributed by atoms with Gasteiger partial charge in [0.15, 0.2) is 0 Å². The Bertz CT molecular complexity index is 876. The molecule has 0 aliphatic carbocycles. The van der Waals surface area contributed by atoms with Crippen molar-refractivity contribution < 1.29 is 4.39 Å². The summed E-state index contributed by atoms with van der Waals surface area (Å²) >= 11 is 0. The fourth-order valence-electron chi connectivity index (χ4n) is 3.08. The molecule has 124 valence electrons. The van der Waals surface area contributed by atoms with E-state index in [1.54, 1.807) is 0 Å². The summed E-state index contributed by atoms with van der Waals surface area (Å²) < 4.78 is 15.3. The van der Waals surface area contributed by atoms with E-state index in [2.05, 4.69) is 40.8 Å². The van der Waals surface area contributed by atoms with Crippen LogP contribution in [0.1, 0.15) is 29.4 Å². The molecular weight excluding hydrogens is 301 g/mol. The van der Waals surface area contributed by atoms with E-state index in [9.17, 15) is 4.39 Å². The molecule has 0 saturated carbocycles. The average molecular weight is 323 g/mol. The van der Waals surface area contributed by atoms with Gasteiger partial charge in [-0.2, -0.15) is 10.2 Å². The van der Waals surface area contributed by atoms with Gasteiger partial charge in [0.05, 0.1) is 17.4 Å². The van der Waals surface area contributed by atoms with Crippen molar-refractivity contribution in [2.75, 3.05) is 0 Å². The fraction of sp³-hybridized carbons (Fsp3) is 0.300. The molecule has 4 heteroatoms. The van der Waals surface area contributed by atoms with Crippen LogP contribution >= 0.6 is 0 Å². The first-order chi connectivity index (χ1) is 11.6. The molecule has 1 aromatic carbocycles. The van der Waals surface area contributed by atoms with Crippen LogP contribution in [-0.4, -0.2) is 14.8 Å². The molecule has 3 aromatic rings. The third kappa shape index (κ3) is 3.09. The van der Waals surface area contributed by atoms with Crippen molar-refractivity contribution in [1.82, 2.24) is 14.8 Å². The highest BCUT2D eigenvalue weighted by Crippen LogP contribution is 2.27. The minimum absolute atomic E-state index is 0.202. The Morgan fingerprint density at radius 1 is 1.12 bits per heavy atom. The highest BCUT2D eigenvalue weighted by Gasteiger charge is 2.15. The molecule has 0 bridgehead atoms. The van der Waals surface area contributed by atoms with Crippen molar-refractivity contribution >= 4 is 10.9 Å². The molecule has 0 atom stereocenters. The molecule has 0 saturated heterocycles. The maximum Gasteiger partial charge on any atom is 0.123 e. The summed E-state index contributed by atoms with van der Waals surface area (Å²) in [5.74, 6) is -0.202. The number of allylic oxidation sites excluding steroid dienone is 2. The molecule has 0 spiro atoms. The van der Waals surface area contributed by atoms with Gasteiger partial charge in [-0.15, -0.1) is 0 Å². The van der Waals surface area contributed by atoms with Gasteiger partial charge in [0, 0.05) is 17.6 Å². The van der Waals surface area contributed by atoms with Gasteiger partial charge in [-0.25, -0.2) is 4.39 Å². The zero-order chi connectivity index (χ0) is 17.1. The van der Waals surface area contributed by atoms with Crippen LogP contribution in [0.5, 0.6) is 0 Å². The molecule has 3 rings (SSSR count). The largest absolute Gasteiger partial charge is 0.339 e. The van der Waals surface area contributed by atoms with E-state index >= 15 is 0 Å². The molecule has 3 nitrogen and oxygen atoms in total. The summed E-state index contributed by atoms with van der Waals surface area (Å²) in [4.78, 5) is 0. The van der Waals surface area contributed by atoms with E-state index in [4.69, 9.17) is 0 Å². The Morgan fingerprint density at radius 3 is 2.58 bits per heavy atom. The number of hydrogen-bond donors (Lipinski definition) is 0. The van der Waals surface area contributed by atoms with Crippen LogP contribution in [0.4, 0.5) is 4.39 Å². The maximum absolute atomic E-state index is 13.0. The molecular formula is C20H22FN3. The summed E-state index contributed by atoms with van der Waals surface area (Å²) in [6.45, 7) is 7.14. The van der Waals surface area contributed by atoms with E-state index < -0.39 is 0 Å². The van der Waals surface area contributed by atoms with Crippen molar-refractivity contribution in [3.05, 3.63) is 70.9 Å². The van der Waals surface area contributed by atoms with Crippen molar-refractivity contribution in [3.8, 4) is 0 Å². The molecule has 24 heavy (non-hydrogen) atoms. The van der Waals surface area contributed by atoms with Crippen LogP contribution in [0.25, 0.3) is 10.9 Å². The smallest absolute Gasteiger partial charge is 0.123 e. The summed E-state index contributed by atoms with van der Waals surface area (Å²) in [6, 6.07) is 6.67. The number of nitrogens with zero attached hydrogens (tertiary/aromatic N) is 3. The SMILES string of the molecule is CC=CCn1c(C)c(C)c2cnnc(CCc3ccc(F)cc3)c21. The lowest BCUT2D eigenvalue weighted by Crippen LogP contribution is -2.04. The summed E-state index contributed by atoms with van der Waals surface area (Å²) in [7, 11) is 0. The second kappa shape index (κ2) is 6.95. The molecule has 0 aliphatic heterocycles. The lowest BCUT2D eigenvalue weighted by molar-refractivity contribution is 0.627. The summed E-state index contributed by atoms with van der Waals surface area (Å²) in [6.07, 6.45) is 7.67. The topological polar surface area (TPSA) is 30.7 Å². The average Bonchev–Trinajstić information content (AvgIpc) is 2.84. The van der Waals surface area contributed by atoms with Gasteiger partial charge in [0.2, 0.25) is 0 Å². The normalized spacial score (nSPS) is 11.7. The first-order valence-electron chi connectivity index (χ1n) is 8.27. The molecule has 0 aliphatic rings. The number of fused-ring (bicyclic) bond motifs is 1. The Hall–Kier alpha value is -2.49. The van der Waals surface area contributed by atoms with Gasteiger partial charge in [-0.1, -0.05) is 24.3 Å². The van der Waals surface area contributed by atoms with Crippen LogP contribution in [-0.2, 0) is 19.4 Å². The predicted molar refractivity (Wildman–Crippen MR) is 95.6 cm³/mol. The van der Waals surface area contributed by atoms with Gasteiger partial charge in [-0.05, 0) is 56.9 Å². The van der Waals surface area contributed by atoms with E-state index in [0.29, 0.717) is 0 Å². The van der Waals surface area contributed by atoms with E-state index in [1.807, 2.05) is 25.3 Å². The van der Waals surface area contributed by atoms with Crippen molar-refractivity contribution in [1.29, 1.82) is 0 Å². The van der Waals surface area contributed by atoms with Gasteiger partial charge < -0.3 is 4.57 Å². The lowest BCUT2D eigenvalue weighted by Gasteiger charge is -2.08. The standard InChI is InChI=1S/C20H22FN3/c1-4-5-12-24-15(3)14(2)18-13-22-23-19(20(18)24)11-8-16-6-9-17(21)10-7-16/h4-7,9-10,13H,8,11-12H2,1-3H3. The van der Waals surface area contributed by atoms with Crippen LogP contribution < -0.4 is 0 Å². The quantitative estimate of drug-likeness (QED) is 0.645. The number of hydrogen-bond acceptors (Lipinski definition) is 2. The highest BCUT2D eigenvalue weighted by molar-refractivity contribution is 5.86. The number of benzene rings is 1. The van der Waals surface area contributed by atoms with E-state index in [-0.39, 0.29) is 5.82 Å². The van der Waals surface area contributed by atoms with Gasteiger partial charge in [0.25, 0.3) is 0 Å². The Morgan fingerprint density at radius 2 is 1.88 bits per heavy atom. The van der Waals surface area contributed by atoms with Crippen molar-refractivity contribution in [2.24, 2.45) is 0 Å². The first-order valence-corrected chi connectivity index (χ1v) is 8.27. The highest BCUT2D eigenvalue weighted by atomic mass is 19.1. The molecule has 2 aromatic heterocycles. The Kier molecular flexibility index (Phi) is 4.74. The minimum atomic E-state index is -0.202. The minimum Gasteiger partial charge on any atom is -0.339 e. The monoisotopic (exact) mass is 323 g/mol. The second-order valence-electron chi connectivity index (χ2n) is 6.07. The maximum atomic E-state index is 13.0. The zero-order valence-corrected chi connectivity index (χ0v) is 14.4. The second-order valence-corrected chi connectivity index (χ2v) is 6.07.